The van der Waals surface area contributed by atoms with Crippen molar-refractivity contribution in [3.63, 3.8) is 0 Å². The Hall–Kier alpha value is -2.42. The summed E-state index contributed by atoms with van der Waals surface area (Å²) in [5.74, 6) is -0.441. The van der Waals surface area contributed by atoms with Gasteiger partial charge in [0.25, 0.3) is 0 Å². The molecule has 0 fully saturated rings. The van der Waals surface area contributed by atoms with E-state index in [-0.39, 0.29) is 10.8 Å². The normalized spacial score (nSPS) is 19.3. The van der Waals surface area contributed by atoms with Crippen molar-refractivity contribution in [3.05, 3.63) is 71.6 Å². The molecule has 1 aromatic rings. The van der Waals surface area contributed by atoms with E-state index in [1.54, 1.807) is 12.3 Å². The molecule has 0 atom stereocenters. The number of hydrogen-bond acceptors (Lipinski definition) is 3. The lowest BCUT2D eigenvalue weighted by Gasteiger charge is -2.33. The number of esters is 1. The van der Waals surface area contributed by atoms with E-state index in [1.807, 2.05) is 6.07 Å². The highest BCUT2D eigenvalue weighted by atomic mass is 16.5. The molecule has 0 amide bonds. The zero-order valence-corrected chi connectivity index (χ0v) is 18.2. The van der Waals surface area contributed by atoms with Gasteiger partial charge in [-0.05, 0) is 65.4 Å². The highest BCUT2D eigenvalue weighted by Gasteiger charge is 2.27. The van der Waals surface area contributed by atoms with Crippen LogP contribution in [0.4, 0.5) is 0 Å². The third kappa shape index (κ3) is 5.09. The first-order valence-corrected chi connectivity index (χ1v) is 9.79. The standard InChI is InChI=1S/C25H33NO2/c1-17-11-12-24(4,5)13-14-25(6,7)18(2)15-21(17)19(3)20-9-10-22(26-16-20)23(27)28-8/h9-11,15-16H,2-3,12-14H2,1,4-8H3. The lowest BCUT2D eigenvalue weighted by atomic mass is 9.72. The summed E-state index contributed by atoms with van der Waals surface area (Å²) in [7, 11) is 1.35. The number of hydrogen-bond donors (Lipinski definition) is 0. The molecule has 0 radical (unpaired) electrons. The van der Waals surface area contributed by atoms with E-state index >= 15 is 0 Å². The van der Waals surface area contributed by atoms with Crippen LogP contribution in [0.5, 0.6) is 0 Å². The monoisotopic (exact) mass is 379 g/mol. The predicted molar refractivity (Wildman–Crippen MR) is 117 cm³/mol. The van der Waals surface area contributed by atoms with Crippen LogP contribution in [0.2, 0.25) is 0 Å². The van der Waals surface area contributed by atoms with Crippen LogP contribution in [0.3, 0.4) is 0 Å². The fourth-order valence-electron chi connectivity index (χ4n) is 3.21. The Morgan fingerprint density at radius 1 is 1.18 bits per heavy atom. The molecule has 3 heteroatoms. The third-order valence-electron chi connectivity index (χ3n) is 5.83. The second-order valence-corrected chi connectivity index (χ2v) is 9.12. The van der Waals surface area contributed by atoms with Crippen molar-refractivity contribution in [2.45, 2.75) is 53.9 Å². The highest BCUT2D eigenvalue weighted by Crippen LogP contribution is 2.41. The van der Waals surface area contributed by atoms with Crippen LogP contribution in [-0.2, 0) is 4.74 Å². The summed E-state index contributed by atoms with van der Waals surface area (Å²) < 4.78 is 4.73. The van der Waals surface area contributed by atoms with Gasteiger partial charge in [-0.25, -0.2) is 9.78 Å². The van der Waals surface area contributed by atoms with Crippen molar-refractivity contribution in [1.82, 2.24) is 4.98 Å². The number of carbonyl (C=O) groups is 1. The molecular weight excluding hydrogens is 346 g/mol. The molecule has 0 aromatic carbocycles. The lowest BCUT2D eigenvalue weighted by Crippen LogP contribution is -2.20. The van der Waals surface area contributed by atoms with Crippen LogP contribution in [0.25, 0.3) is 5.57 Å². The molecule has 28 heavy (non-hydrogen) atoms. The Labute approximate surface area is 169 Å². The minimum Gasteiger partial charge on any atom is -0.464 e. The van der Waals surface area contributed by atoms with E-state index in [0.29, 0.717) is 5.69 Å². The predicted octanol–water partition coefficient (Wildman–Crippen LogP) is 6.55. The van der Waals surface area contributed by atoms with Crippen molar-refractivity contribution in [2.24, 2.45) is 10.8 Å². The van der Waals surface area contributed by atoms with Crippen LogP contribution in [0.15, 0.2) is 60.4 Å². The van der Waals surface area contributed by atoms with Gasteiger partial charge >= 0.3 is 5.97 Å². The maximum atomic E-state index is 11.6. The van der Waals surface area contributed by atoms with Gasteiger partial charge in [0.05, 0.1) is 7.11 Å². The minimum absolute atomic E-state index is 0.0212. The number of allylic oxidation sites excluding steroid dienone is 6. The summed E-state index contributed by atoms with van der Waals surface area (Å²) in [6.45, 7) is 20.0. The molecule has 1 aliphatic rings. The molecule has 2 rings (SSSR count). The number of rotatable bonds is 3. The second kappa shape index (κ2) is 8.30. The summed E-state index contributed by atoms with van der Waals surface area (Å²) in [4.78, 5) is 15.9. The molecule has 1 aromatic heterocycles. The molecule has 0 unspecified atom stereocenters. The van der Waals surface area contributed by atoms with Gasteiger partial charge in [0.15, 0.2) is 0 Å². The van der Waals surface area contributed by atoms with Gasteiger partial charge in [-0.1, -0.05) is 59.1 Å². The second-order valence-electron chi connectivity index (χ2n) is 9.12. The maximum absolute atomic E-state index is 11.6. The zero-order chi connectivity index (χ0) is 21.1. The first-order valence-electron chi connectivity index (χ1n) is 9.79. The largest absolute Gasteiger partial charge is 0.464 e. The van der Waals surface area contributed by atoms with Gasteiger partial charge in [-0.2, -0.15) is 0 Å². The molecule has 150 valence electrons. The van der Waals surface area contributed by atoms with Gasteiger partial charge < -0.3 is 4.74 Å². The average Bonchev–Trinajstić information content (AvgIpc) is 2.67. The van der Waals surface area contributed by atoms with E-state index in [0.717, 1.165) is 41.5 Å². The summed E-state index contributed by atoms with van der Waals surface area (Å²) in [6, 6.07) is 3.54. The number of pyridine rings is 1. The molecular formula is C25H33NO2. The molecule has 0 aliphatic heterocycles. The minimum atomic E-state index is -0.441. The Balaban J connectivity index is 2.46. The Kier molecular flexibility index (Phi) is 6.48. The molecule has 0 spiro atoms. The van der Waals surface area contributed by atoms with Crippen molar-refractivity contribution in [2.75, 3.05) is 7.11 Å². The number of ether oxygens (including phenoxy) is 1. The van der Waals surface area contributed by atoms with Crippen molar-refractivity contribution >= 4 is 11.5 Å². The quantitative estimate of drug-likeness (QED) is 0.559. The van der Waals surface area contributed by atoms with Crippen molar-refractivity contribution in [1.29, 1.82) is 0 Å². The number of carbonyl (C=O) groups excluding carboxylic acids is 1. The maximum Gasteiger partial charge on any atom is 0.356 e. The van der Waals surface area contributed by atoms with Crippen molar-refractivity contribution < 1.29 is 9.53 Å². The fraction of sp³-hybridized carbons (Fsp3) is 0.440. The van der Waals surface area contributed by atoms with Gasteiger partial charge in [-0.15, -0.1) is 0 Å². The highest BCUT2D eigenvalue weighted by molar-refractivity contribution is 5.88. The van der Waals surface area contributed by atoms with Crippen LogP contribution in [0.1, 0.15) is 69.9 Å². The van der Waals surface area contributed by atoms with E-state index < -0.39 is 5.97 Å². The third-order valence-corrected chi connectivity index (χ3v) is 5.83. The van der Waals surface area contributed by atoms with Crippen LogP contribution < -0.4 is 0 Å². The summed E-state index contributed by atoms with van der Waals surface area (Å²) in [5, 5.41) is 0. The van der Waals surface area contributed by atoms with Gasteiger partial charge in [0, 0.05) is 11.8 Å². The summed E-state index contributed by atoms with van der Waals surface area (Å²) in [6.07, 6.45) is 9.42. The smallest absolute Gasteiger partial charge is 0.356 e. The molecule has 0 saturated carbocycles. The SMILES string of the molecule is C=C(C1=CC(=C)C(C)(C)CCC(C)(C)CC=C1C)c1ccc(C(=O)OC)nc1. The first kappa shape index (κ1) is 21.9. The molecule has 1 heterocycles. The van der Waals surface area contributed by atoms with Crippen molar-refractivity contribution in [3.8, 4) is 0 Å². The Morgan fingerprint density at radius 2 is 1.86 bits per heavy atom. The lowest BCUT2D eigenvalue weighted by molar-refractivity contribution is 0.0594. The molecule has 0 saturated heterocycles. The summed E-state index contributed by atoms with van der Waals surface area (Å²) >= 11 is 0. The fourth-order valence-corrected chi connectivity index (χ4v) is 3.21. The average molecular weight is 380 g/mol. The zero-order valence-electron chi connectivity index (χ0n) is 18.2. The van der Waals surface area contributed by atoms with Crippen LogP contribution in [0, 0.1) is 10.8 Å². The number of methoxy groups -OCH3 is 1. The van der Waals surface area contributed by atoms with E-state index in [9.17, 15) is 4.79 Å². The Bertz CT molecular complexity index is 836. The Morgan fingerprint density at radius 3 is 2.43 bits per heavy atom. The van der Waals surface area contributed by atoms with E-state index in [4.69, 9.17) is 4.74 Å². The van der Waals surface area contributed by atoms with E-state index in [2.05, 4.69) is 64.9 Å². The molecule has 3 nitrogen and oxygen atoms in total. The van der Waals surface area contributed by atoms with Gasteiger partial charge in [0.1, 0.15) is 5.69 Å². The van der Waals surface area contributed by atoms with Crippen LogP contribution in [-0.4, -0.2) is 18.1 Å². The van der Waals surface area contributed by atoms with Gasteiger partial charge in [0.2, 0.25) is 0 Å². The molecule has 0 N–H and O–H groups in total. The van der Waals surface area contributed by atoms with E-state index in [1.165, 1.54) is 12.7 Å². The topological polar surface area (TPSA) is 39.2 Å². The molecule has 0 bridgehead atoms. The number of aromatic nitrogens is 1. The number of nitrogens with zero attached hydrogens (tertiary/aromatic N) is 1. The van der Waals surface area contributed by atoms with Crippen LogP contribution >= 0.6 is 0 Å². The molecule has 1 aliphatic carbocycles. The first-order chi connectivity index (χ1) is 13.0. The summed E-state index contributed by atoms with van der Waals surface area (Å²) in [5.41, 5.74) is 5.69. The van der Waals surface area contributed by atoms with Gasteiger partial charge in [-0.3, -0.25) is 0 Å².